The van der Waals surface area contributed by atoms with Crippen molar-refractivity contribution in [3.05, 3.63) is 70.4 Å². The Labute approximate surface area is 139 Å². The van der Waals surface area contributed by atoms with Crippen LogP contribution in [0.15, 0.2) is 53.8 Å². The molecule has 0 spiro atoms. The number of hydrogen-bond acceptors (Lipinski definition) is 4. The van der Waals surface area contributed by atoms with Crippen molar-refractivity contribution in [2.24, 2.45) is 11.0 Å². The third-order valence-electron chi connectivity index (χ3n) is 3.53. The van der Waals surface area contributed by atoms with E-state index in [1.807, 2.05) is 0 Å². The van der Waals surface area contributed by atoms with Crippen LogP contribution in [0.2, 0.25) is 0 Å². The largest absolute Gasteiger partial charge is 0.489 e. The van der Waals surface area contributed by atoms with Crippen molar-refractivity contribution in [1.82, 2.24) is 5.01 Å². The minimum Gasteiger partial charge on any atom is -0.489 e. The molecule has 0 aliphatic carbocycles. The molecule has 1 atom stereocenters. The number of primary amides is 1. The van der Waals surface area contributed by atoms with Gasteiger partial charge >= 0.3 is 0 Å². The topological polar surface area (TPSA) is 85.0 Å². The Kier molecular flexibility index (Phi) is 5.83. The molecule has 0 aromatic heterocycles. The van der Waals surface area contributed by atoms with Crippen LogP contribution in [0.4, 0.5) is 4.39 Å². The van der Waals surface area contributed by atoms with E-state index in [2.05, 4.69) is 5.29 Å². The molecule has 0 saturated heterocycles. The smallest absolute Gasteiger partial charge is 0.241 e. The first-order chi connectivity index (χ1) is 11.5. The van der Waals surface area contributed by atoms with E-state index in [1.165, 1.54) is 19.1 Å². The lowest BCUT2D eigenvalue weighted by Crippen LogP contribution is -2.38. The van der Waals surface area contributed by atoms with Crippen LogP contribution in [0.3, 0.4) is 0 Å². The van der Waals surface area contributed by atoms with E-state index in [0.29, 0.717) is 5.75 Å². The van der Waals surface area contributed by atoms with Gasteiger partial charge in [0, 0.05) is 0 Å². The fourth-order valence-electron chi connectivity index (χ4n) is 2.05. The Morgan fingerprint density at radius 1 is 1.25 bits per heavy atom. The molecule has 2 N–H and O–H groups in total. The zero-order valence-corrected chi connectivity index (χ0v) is 13.2. The number of benzene rings is 2. The second-order valence-corrected chi connectivity index (χ2v) is 5.32. The van der Waals surface area contributed by atoms with Crippen molar-refractivity contribution in [3.63, 3.8) is 0 Å². The van der Waals surface area contributed by atoms with Crippen molar-refractivity contribution < 1.29 is 13.9 Å². The zero-order chi connectivity index (χ0) is 17.5. The highest BCUT2D eigenvalue weighted by Crippen LogP contribution is 2.17. The number of carbonyl (C=O) groups is 1. The molecule has 0 fully saturated rings. The van der Waals surface area contributed by atoms with Crippen LogP contribution in [0, 0.1) is 10.7 Å². The number of carbonyl (C=O) groups excluding carboxylic acids is 1. The average Bonchev–Trinajstić information content (AvgIpc) is 2.58. The van der Waals surface area contributed by atoms with Crippen LogP contribution in [-0.4, -0.2) is 17.0 Å². The monoisotopic (exact) mass is 331 g/mol. The summed E-state index contributed by atoms with van der Waals surface area (Å²) in [5.41, 5.74) is 6.68. The Hall–Kier alpha value is -2.96. The highest BCUT2D eigenvalue weighted by molar-refractivity contribution is 5.79. The summed E-state index contributed by atoms with van der Waals surface area (Å²) in [5.74, 6) is -0.322. The number of hydrogen-bond donors (Lipinski definition) is 1. The molecule has 0 radical (unpaired) electrons. The third-order valence-corrected chi connectivity index (χ3v) is 3.53. The lowest BCUT2D eigenvalue weighted by molar-refractivity contribution is -0.122. The minimum absolute atomic E-state index is 0.164. The maximum Gasteiger partial charge on any atom is 0.241 e. The molecule has 2 aromatic carbocycles. The van der Waals surface area contributed by atoms with Crippen molar-refractivity contribution in [1.29, 1.82) is 0 Å². The van der Waals surface area contributed by atoms with Crippen molar-refractivity contribution in [2.45, 2.75) is 26.1 Å². The highest BCUT2D eigenvalue weighted by Gasteiger charge is 2.18. The number of nitrogens with zero attached hydrogens (tertiary/aromatic N) is 2. The van der Waals surface area contributed by atoms with Gasteiger partial charge in [-0.1, -0.05) is 24.3 Å². The second kappa shape index (κ2) is 8.05. The average molecular weight is 331 g/mol. The summed E-state index contributed by atoms with van der Waals surface area (Å²) in [6.45, 7) is 1.93. The lowest BCUT2D eigenvalue weighted by Gasteiger charge is -2.20. The number of halogens is 1. The van der Waals surface area contributed by atoms with E-state index >= 15 is 0 Å². The van der Waals surface area contributed by atoms with E-state index in [0.717, 1.165) is 16.1 Å². The summed E-state index contributed by atoms with van der Waals surface area (Å²) in [6.07, 6.45) is 0. The highest BCUT2D eigenvalue weighted by atomic mass is 19.1. The summed E-state index contributed by atoms with van der Waals surface area (Å²) in [7, 11) is 0. The predicted molar refractivity (Wildman–Crippen MR) is 87.2 cm³/mol. The molecule has 1 amide bonds. The van der Waals surface area contributed by atoms with Gasteiger partial charge < -0.3 is 10.5 Å². The Morgan fingerprint density at radius 2 is 1.96 bits per heavy atom. The zero-order valence-electron chi connectivity index (χ0n) is 13.2. The number of amides is 1. The molecule has 0 aliphatic heterocycles. The van der Waals surface area contributed by atoms with Crippen LogP contribution < -0.4 is 10.5 Å². The van der Waals surface area contributed by atoms with Crippen molar-refractivity contribution >= 4 is 5.91 Å². The molecule has 0 heterocycles. The number of nitrogens with two attached hydrogens (primary N) is 1. The first-order valence-corrected chi connectivity index (χ1v) is 7.35. The summed E-state index contributed by atoms with van der Waals surface area (Å²) < 4.78 is 18.7. The molecule has 0 saturated carbocycles. The first-order valence-electron chi connectivity index (χ1n) is 7.35. The molecule has 2 aromatic rings. The van der Waals surface area contributed by atoms with Gasteiger partial charge in [0.15, 0.2) is 0 Å². The number of nitroso groups, excluding NO2 is 1. The van der Waals surface area contributed by atoms with E-state index < -0.39 is 11.9 Å². The van der Waals surface area contributed by atoms with Gasteiger partial charge in [-0.2, -0.15) is 0 Å². The Balaban J connectivity index is 1.95. The maximum atomic E-state index is 13.1. The SMILES string of the molecule is C[C@@H](C(N)=O)N(Cc1ccc(OCc2cccc(F)c2)cc1)N=O. The molecule has 7 heteroatoms. The predicted octanol–water partition coefficient (Wildman–Crippen LogP) is 2.76. The van der Waals surface area contributed by atoms with Crippen molar-refractivity contribution in [3.8, 4) is 5.75 Å². The number of ether oxygens (including phenoxy) is 1. The molecule has 0 unspecified atom stereocenters. The first kappa shape index (κ1) is 17.4. The molecule has 2 rings (SSSR count). The van der Waals surface area contributed by atoms with E-state index in [-0.39, 0.29) is 19.0 Å². The van der Waals surface area contributed by atoms with Gasteiger partial charge in [-0.15, -0.1) is 4.91 Å². The van der Waals surface area contributed by atoms with Gasteiger partial charge in [0.1, 0.15) is 24.2 Å². The lowest BCUT2D eigenvalue weighted by atomic mass is 10.2. The fraction of sp³-hybridized carbons (Fsp3) is 0.235. The minimum atomic E-state index is -0.786. The molecule has 0 bridgehead atoms. The summed E-state index contributed by atoms with van der Waals surface area (Å²) in [4.78, 5) is 21.9. The van der Waals surface area contributed by atoms with E-state index in [9.17, 15) is 14.1 Å². The van der Waals surface area contributed by atoms with Gasteiger partial charge in [-0.05, 0) is 42.3 Å². The van der Waals surface area contributed by atoms with Crippen LogP contribution in [0.1, 0.15) is 18.1 Å². The molecule has 6 nitrogen and oxygen atoms in total. The van der Waals surface area contributed by atoms with Crippen LogP contribution in [-0.2, 0) is 17.9 Å². The van der Waals surface area contributed by atoms with Gasteiger partial charge in [-0.3, -0.25) is 4.79 Å². The van der Waals surface area contributed by atoms with Gasteiger partial charge in [-0.25, -0.2) is 9.40 Å². The summed E-state index contributed by atoms with van der Waals surface area (Å²) in [6, 6.07) is 12.4. The molecule has 24 heavy (non-hydrogen) atoms. The molecule has 0 aliphatic rings. The summed E-state index contributed by atoms with van der Waals surface area (Å²) >= 11 is 0. The van der Waals surface area contributed by atoms with E-state index in [1.54, 1.807) is 36.4 Å². The second-order valence-electron chi connectivity index (χ2n) is 5.32. The molecule has 126 valence electrons. The van der Waals surface area contributed by atoms with Crippen LogP contribution in [0.5, 0.6) is 5.75 Å². The normalized spacial score (nSPS) is 11.6. The summed E-state index contributed by atoms with van der Waals surface area (Å²) in [5, 5.41) is 3.90. The standard InChI is InChI=1S/C17H18FN3O3/c1-12(17(19)22)21(20-23)10-13-5-7-16(8-6-13)24-11-14-3-2-4-15(18)9-14/h2-9,12H,10-11H2,1H3,(H2,19,22)/t12-/m0/s1. The van der Waals surface area contributed by atoms with Crippen molar-refractivity contribution in [2.75, 3.05) is 0 Å². The van der Waals surface area contributed by atoms with Gasteiger partial charge in [0.2, 0.25) is 5.91 Å². The fourth-order valence-corrected chi connectivity index (χ4v) is 2.05. The molecular weight excluding hydrogens is 313 g/mol. The van der Waals surface area contributed by atoms with Crippen LogP contribution >= 0.6 is 0 Å². The van der Waals surface area contributed by atoms with Crippen LogP contribution in [0.25, 0.3) is 0 Å². The van der Waals surface area contributed by atoms with E-state index in [4.69, 9.17) is 10.5 Å². The maximum absolute atomic E-state index is 13.1. The molecular formula is C17H18FN3O3. The quantitative estimate of drug-likeness (QED) is 0.595. The number of rotatable bonds is 8. The Morgan fingerprint density at radius 3 is 2.54 bits per heavy atom. The third kappa shape index (κ3) is 4.77. The van der Waals surface area contributed by atoms with Gasteiger partial charge in [0.25, 0.3) is 0 Å². The van der Waals surface area contributed by atoms with Gasteiger partial charge in [0.05, 0.1) is 11.8 Å². The Bertz CT molecular complexity index is 706.